The summed E-state index contributed by atoms with van der Waals surface area (Å²) in [6.07, 6.45) is 3.98. The SMILES string of the molecule is C[C@H](O)C(=O)Nc1cccc(CN2C(=O)[C@@](O)([C@@H](C)/C=C/CC(=O)N3CCC[C@H]3CO)c3cc(Br)ccc32)c1. The Morgan fingerprint density at radius 2 is 2.00 bits per heavy atom. The van der Waals surface area contributed by atoms with Crippen molar-refractivity contribution in [3.63, 3.8) is 0 Å². The van der Waals surface area contributed by atoms with Crippen LogP contribution in [0, 0.1) is 5.92 Å². The van der Waals surface area contributed by atoms with Gasteiger partial charge in [0.1, 0.15) is 6.10 Å². The van der Waals surface area contributed by atoms with Crippen LogP contribution in [0.25, 0.3) is 0 Å². The molecule has 4 N–H and O–H groups in total. The van der Waals surface area contributed by atoms with Gasteiger partial charge in [-0.3, -0.25) is 14.4 Å². The van der Waals surface area contributed by atoms with Crippen molar-refractivity contribution >= 4 is 45.0 Å². The number of carbonyl (C=O) groups excluding carboxylic acids is 3. The minimum atomic E-state index is -1.85. The number of hydrogen-bond donors (Lipinski definition) is 4. The van der Waals surface area contributed by atoms with Crippen LogP contribution in [0.3, 0.4) is 0 Å². The summed E-state index contributed by atoms with van der Waals surface area (Å²) >= 11 is 3.45. The van der Waals surface area contributed by atoms with Gasteiger partial charge in [-0.25, -0.2) is 0 Å². The Morgan fingerprint density at radius 3 is 2.72 bits per heavy atom. The predicted octanol–water partition coefficient (Wildman–Crippen LogP) is 3.07. The molecule has 0 saturated carbocycles. The van der Waals surface area contributed by atoms with Crippen molar-refractivity contribution < 1.29 is 29.7 Å². The maximum Gasteiger partial charge on any atom is 0.264 e. The fourth-order valence-corrected chi connectivity index (χ4v) is 5.60. The fraction of sp³-hybridized carbons (Fsp3) is 0.414. The van der Waals surface area contributed by atoms with Crippen molar-refractivity contribution in [2.24, 2.45) is 5.92 Å². The lowest BCUT2D eigenvalue weighted by atomic mass is 9.83. The summed E-state index contributed by atoms with van der Waals surface area (Å²) in [6, 6.07) is 12.1. The Balaban J connectivity index is 1.55. The van der Waals surface area contributed by atoms with E-state index in [0.29, 0.717) is 28.0 Å². The van der Waals surface area contributed by atoms with Gasteiger partial charge in [0.2, 0.25) is 5.91 Å². The lowest BCUT2D eigenvalue weighted by Crippen LogP contribution is -2.44. The highest BCUT2D eigenvalue weighted by Gasteiger charge is 2.52. The average molecular weight is 601 g/mol. The normalized spacial score (nSPS) is 22.3. The molecular weight excluding hydrogens is 566 g/mol. The third-order valence-corrected chi connectivity index (χ3v) is 7.92. The number of aliphatic hydroxyl groups excluding tert-OH is 2. The molecule has 2 aromatic carbocycles. The largest absolute Gasteiger partial charge is 0.394 e. The highest BCUT2D eigenvalue weighted by molar-refractivity contribution is 9.10. The number of anilines is 2. The first-order valence-corrected chi connectivity index (χ1v) is 13.8. The summed E-state index contributed by atoms with van der Waals surface area (Å²) in [6.45, 7) is 3.83. The zero-order valence-electron chi connectivity index (χ0n) is 22.0. The third kappa shape index (κ3) is 5.94. The van der Waals surface area contributed by atoms with Gasteiger partial charge in [0.05, 0.1) is 24.9 Å². The Kier molecular flexibility index (Phi) is 8.90. The number of halogens is 1. The Morgan fingerprint density at radius 1 is 1.23 bits per heavy atom. The monoisotopic (exact) mass is 599 g/mol. The molecule has 0 aliphatic carbocycles. The number of hydrogen-bond acceptors (Lipinski definition) is 6. The molecule has 4 rings (SSSR count). The van der Waals surface area contributed by atoms with E-state index in [1.807, 2.05) is 6.07 Å². The van der Waals surface area contributed by atoms with Crippen molar-refractivity contribution in [2.75, 3.05) is 23.4 Å². The molecule has 0 bridgehead atoms. The lowest BCUT2D eigenvalue weighted by Gasteiger charge is -2.28. The zero-order chi connectivity index (χ0) is 28.3. The first-order valence-electron chi connectivity index (χ1n) is 13.1. The smallest absolute Gasteiger partial charge is 0.264 e. The summed E-state index contributed by atoms with van der Waals surface area (Å²) in [5.41, 5.74) is 0.395. The van der Waals surface area contributed by atoms with Crippen LogP contribution in [0.2, 0.25) is 0 Å². The summed E-state index contributed by atoms with van der Waals surface area (Å²) < 4.78 is 0.715. The molecule has 2 heterocycles. The number of rotatable bonds is 9. The molecule has 3 amide bonds. The maximum absolute atomic E-state index is 13.8. The van der Waals surface area contributed by atoms with E-state index in [0.717, 1.165) is 18.4 Å². The first-order chi connectivity index (χ1) is 18.6. The molecule has 208 valence electrons. The van der Waals surface area contributed by atoms with Crippen LogP contribution >= 0.6 is 15.9 Å². The minimum Gasteiger partial charge on any atom is -0.394 e. The van der Waals surface area contributed by atoms with Gasteiger partial charge in [-0.05, 0) is 55.7 Å². The molecule has 1 fully saturated rings. The number of nitrogens with zero attached hydrogens (tertiary/aromatic N) is 2. The van der Waals surface area contributed by atoms with Crippen LogP contribution in [0.4, 0.5) is 11.4 Å². The fourth-order valence-electron chi connectivity index (χ4n) is 5.24. The summed E-state index contributed by atoms with van der Waals surface area (Å²) in [5.74, 6) is -1.76. The van der Waals surface area contributed by atoms with E-state index < -0.39 is 29.4 Å². The number of fused-ring (bicyclic) bond motifs is 1. The molecule has 9 nitrogen and oxygen atoms in total. The average Bonchev–Trinajstić information content (AvgIpc) is 3.47. The van der Waals surface area contributed by atoms with Gasteiger partial charge in [-0.15, -0.1) is 0 Å². The van der Waals surface area contributed by atoms with Gasteiger partial charge in [-0.2, -0.15) is 0 Å². The molecule has 0 unspecified atom stereocenters. The van der Waals surface area contributed by atoms with Crippen LogP contribution in [0.15, 0.2) is 59.1 Å². The standard InChI is InChI=1S/C29H34BrN3O6/c1-18(6-3-10-26(36)32-13-5-9-23(32)17-34)29(39)24-15-21(30)11-12-25(24)33(28(29)38)16-20-7-4-8-22(14-20)31-27(37)19(2)35/h3-4,6-8,11-12,14-15,18-19,23,34-35,39H,5,9-10,13,16-17H2,1-2H3,(H,31,37)/b6-3+/t18-,19-,23-,29+/m0/s1. The van der Waals surface area contributed by atoms with E-state index in [-0.39, 0.29) is 31.5 Å². The molecule has 0 radical (unpaired) electrons. The van der Waals surface area contributed by atoms with E-state index in [4.69, 9.17) is 0 Å². The van der Waals surface area contributed by atoms with E-state index >= 15 is 0 Å². The van der Waals surface area contributed by atoms with Gasteiger partial charge in [0, 0.05) is 34.6 Å². The number of aliphatic hydroxyl groups is 3. The molecule has 2 aliphatic rings. The summed E-state index contributed by atoms with van der Waals surface area (Å²) in [4.78, 5) is 41.6. The molecule has 4 atom stereocenters. The van der Waals surface area contributed by atoms with Crippen molar-refractivity contribution in [1.29, 1.82) is 0 Å². The van der Waals surface area contributed by atoms with Crippen LogP contribution < -0.4 is 10.2 Å². The van der Waals surface area contributed by atoms with E-state index in [2.05, 4.69) is 21.2 Å². The number of carbonyl (C=O) groups is 3. The minimum absolute atomic E-state index is 0.0581. The Hall–Kier alpha value is -3.05. The van der Waals surface area contributed by atoms with Crippen LogP contribution in [0.1, 0.15) is 44.2 Å². The highest BCUT2D eigenvalue weighted by Crippen LogP contribution is 2.46. The molecule has 10 heteroatoms. The molecule has 0 spiro atoms. The quantitative estimate of drug-likeness (QED) is 0.328. The number of nitrogens with one attached hydrogen (secondary N) is 1. The van der Waals surface area contributed by atoms with E-state index in [1.54, 1.807) is 60.4 Å². The highest BCUT2D eigenvalue weighted by atomic mass is 79.9. The number of amides is 3. The van der Waals surface area contributed by atoms with Gasteiger partial charge in [0.15, 0.2) is 5.60 Å². The van der Waals surface area contributed by atoms with Crippen molar-refractivity contribution in [3.05, 3.63) is 70.2 Å². The van der Waals surface area contributed by atoms with Crippen LogP contribution in [-0.4, -0.2) is 63.2 Å². The molecule has 2 aromatic rings. The zero-order valence-corrected chi connectivity index (χ0v) is 23.6. The second-order valence-electron chi connectivity index (χ2n) is 10.2. The Labute approximate surface area is 236 Å². The molecule has 0 aromatic heterocycles. The second-order valence-corrected chi connectivity index (χ2v) is 11.1. The van der Waals surface area contributed by atoms with E-state index in [1.165, 1.54) is 11.8 Å². The first kappa shape index (κ1) is 28.9. The van der Waals surface area contributed by atoms with Gasteiger partial charge >= 0.3 is 0 Å². The van der Waals surface area contributed by atoms with Crippen molar-refractivity contribution in [1.82, 2.24) is 4.90 Å². The van der Waals surface area contributed by atoms with Crippen molar-refractivity contribution in [2.45, 2.75) is 57.4 Å². The van der Waals surface area contributed by atoms with Gasteiger partial charge < -0.3 is 30.4 Å². The molecule has 2 aliphatic heterocycles. The molecule has 39 heavy (non-hydrogen) atoms. The predicted molar refractivity (Wildman–Crippen MR) is 151 cm³/mol. The van der Waals surface area contributed by atoms with Gasteiger partial charge in [-0.1, -0.05) is 47.1 Å². The van der Waals surface area contributed by atoms with Crippen LogP contribution in [0.5, 0.6) is 0 Å². The summed E-state index contributed by atoms with van der Waals surface area (Å²) in [5, 5.41) is 33.5. The number of benzene rings is 2. The third-order valence-electron chi connectivity index (χ3n) is 7.43. The van der Waals surface area contributed by atoms with E-state index in [9.17, 15) is 29.7 Å². The van der Waals surface area contributed by atoms with Gasteiger partial charge in [0.25, 0.3) is 11.8 Å². The molecular formula is C29H34BrN3O6. The molecule has 1 saturated heterocycles. The maximum atomic E-state index is 13.8. The van der Waals surface area contributed by atoms with Crippen molar-refractivity contribution in [3.8, 4) is 0 Å². The second kappa shape index (κ2) is 12.0. The summed E-state index contributed by atoms with van der Waals surface area (Å²) in [7, 11) is 0. The van der Waals surface area contributed by atoms with Crippen LogP contribution in [-0.2, 0) is 26.5 Å². The number of likely N-dealkylation sites (tertiary alicyclic amines) is 1. The topological polar surface area (TPSA) is 130 Å². The Bertz CT molecular complexity index is 1280. The lowest BCUT2D eigenvalue weighted by molar-refractivity contribution is -0.139.